The predicted octanol–water partition coefficient (Wildman–Crippen LogP) is 5.85. The Kier molecular flexibility index (Phi) is 5.60. The highest BCUT2D eigenvalue weighted by atomic mass is 35.5. The van der Waals surface area contributed by atoms with E-state index in [1.807, 2.05) is 32.0 Å². The van der Waals surface area contributed by atoms with Crippen LogP contribution in [0.2, 0.25) is 10.0 Å². The van der Waals surface area contributed by atoms with Gasteiger partial charge in [0.25, 0.3) is 5.91 Å². The number of benzene rings is 2. The van der Waals surface area contributed by atoms with E-state index in [1.54, 1.807) is 41.6 Å². The van der Waals surface area contributed by atoms with Crippen molar-refractivity contribution in [2.45, 2.75) is 20.4 Å². The third kappa shape index (κ3) is 4.24. The van der Waals surface area contributed by atoms with Crippen LogP contribution in [0.4, 0.5) is 5.69 Å². The van der Waals surface area contributed by atoms with Crippen molar-refractivity contribution >= 4 is 34.8 Å². The molecule has 0 saturated carbocycles. The van der Waals surface area contributed by atoms with Gasteiger partial charge in [-0.05, 0) is 49.2 Å². The maximum absolute atomic E-state index is 13.3. The van der Waals surface area contributed by atoms with E-state index in [4.69, 9.17) is 23.2 Å². The van der Waals surface area contributed by atoms with Gasteiger partial charge in [-0.15, -0.1) is 0 Å². The minimum absolute atomic E-state index is 0.121. The molecule has 0 aliphatic carbocycles. The van der Waals surface area contributed by atoms with Crippen LogP contribution >= 0.6 is 23.2 Å². The normalized spacial score (nSPS) is 10.6. The van der Waals surface area contributed by atoms with Gasteiger partial charge >= 0.3 is 0 Å². The molecule has 1 aromatic heterocycles. The summed E-state index contributed by atoms with van der Waals surface area (Å²) in [5.41, 5.74) is 4.24. The van der Waals surface area contributed by atoms with Crippen LogP contribution in [0.15, 0.2) is 60.9 Å². The van der Waals surface area contributed by atoms with Crippen molar-refractivity contribution in [1.82, 2.24) is 4.98 Å². The van der Waals surface area contributed by atoms with Gasteiger partial charge in [-0.3, -0.25) is 9.78 Å². The Morgan fingerprint density at radius 3 is 2.42 bits per heavy atom. The summed E-state index contributed by atoms with van der Waals surface area (Å²) in [5, 5.41) is 0.974. The highest BCUT2D eigenvalue weighted by molar-refractivity contribution is 6.35. The number of carbonyl (C=O) groups excluding carboxylic acids is 1. The number of halogens is 2. The molecule has 0 atom stereocenters. The first kappa shape index (κ1) is 18.4. The molecule has 0 saturated heterocycles. The molecule has 26 heavy (non-hydrogen) atoms. The fourth-order valence-electron chi connectivity index (χ4n) is 2.83. The molecule has 0 fully saturated rings. The Morgan fingerprint density at radius 2 is 1.77 bits per heavy atom. The van der Waals surface area contributed by atoms with Gasteiger partial charge in [0.2, 0.25) is 0 Å². The molecule has 0 aliphatic heterocycles. The third-order valence-corrected chi connectivity index (χ3v) is 4.51. The average molecular weight is 385 g/mol. The number of amides is 1. The molecule has 0 bridgehead atoms. The molecule has 0 unspecified atom stereocenters. The summed E-state index contributed by atoms with van der Waals surface area (Å²) in [5.74, 6) is -0.121. The van der Waals surface area contributed by atoms with Gasteiger partial charge in [0.1, 0.15) is 0 Å². The van der Waals surface area contributed by atoms with Gasteiger partial charge in [0.05, 0.1) is 6.54 Å². The zero-order valence-electron chi connectivity index (χ0n) is 14.5. The van der Waals surface area contributed by atoms with Gasteiger partial charge in [0.15, 0.2) is 0 Å². The van der Waals surface area contributed by atoms with Gasteiger partial charge in [0, 0.05) is 33.7 Å². The van der Waals surface area contributed by atoms with Crippen molar-refractivity contribution in [2.75, 3.05) is 4.90 Å². The summed E-state index contributed by atoms with van der Waals surface area (Å²) in [4.78, 5) is 19.0. The van der Waals surface area contributed by atoms with Crippen LogP contribution in [0.5, 0.6) is 0 Å². The minimum Gasteiger partial charge on any atom is -0.304 e. The smallest absolute Gasteiger partial charge is 0.258 e. The van der Waals surface area contributed by atoms with Crippen LogP contribution in [-0.4, -0.2) is 10.9 Å². The summed E-state index contributed by atoms with van der Waals surface area (Å²) in [6.07, 6.45) is 3.30. The first-order valence-electron chi connectivity index (χ1n) is 8.18. The number of pyridine rings is 1. The monoisotopic (exact) mass is 384 g/mol. The maximum atomic E-state index is 13.3. The Hall–Kier alpha value is -2.36. The average Bonchev–Trinajstić information content (AvgIpc) is 2.59. The number of carbonyl (C=O) groups is 1. The van der Waals surface area contributed by atoms with Crippen LogP contribution in [0.1, 0.15) is 27.0 Å². The number of aromatic nitrogens is 1. The van der Waals surface area contributed by atoms with Gasteiger partial charge in [-0.25, -0.2) is 0 Å². The summed E-state index contributed by atoms with van der Waals surface area (Å²) in [7, 11) is 0. The number of nitrogens with zero attached hydrogens (tertiary/aromatic N) is 2. The first-order valence-corrected chi connectivity index (χ1v) is 8.94. The van der Waals surface area contributed by atoms with Crippen molar-refractivity contribution in [1.29, 1.82) is 0 Å². The van der Waals surface area contributed by atoms with E-state index >= 15 is 0 Å². The molecule has 2 aromatic carbocycles. The zero-order valence-corrected chi connectivity index (χ0v) is 16.1. The minimum atomic E-state index is -0.121. The summed E-state index contributed by atoms with van der Waals surface area (Å²) in [6.45, 7) is 4.31. The fraction of sp³-hybridized carbons (Fsp3) is 0.143. The van der Waals surface area contributed by atoms with Gasteiger partial charge < -0.3 is 4.90 Å². The number of rotatable bonds is 4. The lowest BCUT2D eigenvalue weighted by molar-refractivity contribution is 0.0984. The standard InChI is InChI=1S/C21H18Cl2N2O/c1-14-4-3-5-16(8-14)13-25(19-10-17(22)9-18(23)11-19)21(26)20-6-7-24-12-15(20)2/h3-12H,13H2,1-2H3. The van der Waals surface area contributed by atoms with Crippen molar-refractivity contribution in [3.05, 3.63) is 93.2 Å². The van der Waals surface area contributed by atoms with Crippen molar-refractivity contribution in [3.63, 3.8) is 0 Å². The Morgan fingerprint density at radius 1 is 1.04 bits per heavy atom. The van der Waals surface area contributed by atoms with E-state index < -0.39 is 0 Å². The summed E-state index contributed by atoms with van der Waals surface area (Å²) < 4.78 is 0. The van der Waals surface area contributed by atoms with Crippen molar-refractivity contribution in [2.24, 2.45) is 0 Å². The molecule has 3 rings (SSSR count). The molecular formula is C21H18Cl2N2O. The Bertz CT molecular complexity index is 936. The van der Waals surface area contributed by atoms with Crippen molar-refractivity contribution < 1.29 is 4.79 Å². The highest BCUT2D eigenvalue weighted by Crippen LogP contribution is 2.28. The van der Waals surface area contributed by atoms with Crippen molar-refractivity contribution in [3.8, 4) is 0 Å². The molecule has 1 heterocycles. The quantitative estimate of drug-likeness (QED) is 0.564. The predicted molar refractivity (Wildman–Crippen MR) is 107 cm³/mol. The largest absolute Gasteiger partial charge is 0.304 e. The molecule has 1 amide bonds. The van der Waals surface area contributed by atoms with E-state index in [2.05, 4.69) is 11.1 Å². The van der Waals surface area contributed by atoms with Crippen LogP contribution in [0.3, 0.4) is 0 Å². The zero-order chi connectivity index (χ0) is 18.7. The fourth-order valence-corrected chi connectivity index (χ4v) is 3.34. The Balaban J connectivity index is 2.06. The lowest BCUT2D eigenvalue weighted by Gasteiger charge is -2.24. The maximum Gasteiger partial charge on any atom is 0.258 e. The molecule has 132 valence electrons. The Labute approximate surface area is 163 Å². The molecule has 0 aliphatic rings. The molecule has 5 heteroatoms. The second-order valence-corrected chi connectivity index (χ2v) is 7.07. The highest BCUT2D eigenvalue weighted by Gasteiger charge is 2.21. The van der Waals surface area contributed by atoms with Gasteiger partial charge in [-0.1, -0.05) is 53.0 Å². The van der Waals surface area contributed by atoms with E-state index in [1.165, 1.54) is 0 Å². The van der Waals surface area contributed by atoms with E-state index in [0.29, 0.717) is 27.8 Å². The van der Waals surface area contributed by atoms with Crippen LogP contribution in [0.25, 0.3) is 0 Å². The third-order valence-electron chi connectivity index (χ3n) is 4.08. The summed E-state index contributed by atoms with van der Waals surface area (Å²) in [6, 6.07) is 14.9. The first-order chi connectivity index (χ1) is 12.4. The van der Waals surface area contributed by atoms with E-state index in [-0.39, 0.29) is 5.91 Å². The van der Waals surface area contributed by atoms with Gasteiger partial charge in [-0.2, -0.15) is 0 Å². The van der Waals surface area contributed by atoms with Crippen LogP contribution in [0, 0.1) is 13.8 Å². The molecule has 0 N–H and O–H groups in total. The molecular weight excluding hydrogens is 367 g/mol. The molecule has 3 aromatic rings. The summed E-state index contributed by atoms with van der Waals surface area (Å²) >= 11 is 12.3. The lowest BCUT2D eigenvalue weighted by Crippen LogP contribution is -2.31. The molecule has 0 spiro atoms. The van der Waals surface area contributed by atoms with Crippen LogP contribution < -0.4 is 4.90 Å². The van der Waals surface area contributed by atoms with Crippen LogP contribution in [-0.2, 0) is 6.54 Å². The molecule has 3 nitrogen and oxygen atoms in total. The van der Waals surface area contributed by atoms with E-state index in [9.17, 15) is 4.79 Å². The second kappa shape index (κ2) is 7.90. The number of hydrogen-bond acceptors (Lipinski definition) is 2. The topological polar surface area (TPSA) is 33.2 Å². The van der Waals surface area contributed by atoms with E-state index in [0.717, 1.165) is 16.7 Å². The number of aryl methyl sites for hydroxylation is 2. The molecule has 0 radical (unpaired) electrons. The second-order valence-electron chi connectivity index (χ2n) is 6.20. The number of hydrogen-bond donors (Lipinski definition) is 0. The lowest BCUT2D eigenvalue weighted by atomic mass is 10.1. The number of anilines is 1. The SMILES string of the molecule is Cc1cccc(CN(C(=O)c2ccncc2C)c2cc(Cl)cc(Cl)c2)c1.